The second-order valence-corrected chi connectivity index (χ2v) is 4.91. The molecule has 4 N–H and O–H groups in total. The average Bonchev–Trinajstić information content (AvgIpc) is 2.42. The molecule has 8 heteroatoms. The van der Waals surface area contributed by atoms with Gasteiger partial charge in [0.2, 0.25) is 5.91 Å². The third kappa shape index (κ3) is 5.43. The number of likely N-dealkylation sites (tertiary alicyclic amines) is 1. The molecule has 1 atom stereocenters. The van der Waals surface area contributed by atoms with Crippen molar-refractivity contribution in [2.45, 2.75) is 25.9 Å². The van der Waals surface area contributed by atoms with Gasteiger partial charge in [-0.3, -0.25) is 4.79 Å². The lowest BCUT2D eigenvalue weighted by atomic mass is 9.97. The number of nitrogens with zero attached hydrogens (tertiary/aromatic N) is 1. The summed E-state index contributed by atoms with van der Waals surface area (Å²) in [5.74, 6) is -1.07. The maximum absolute atomic E-state index is 11.7. The number of amides is 3. The smallest absolute Gasteiger partial charge is 0.334 e. The number of urea groups is 1. The summed E-state index contributed by atoms with van der Waals surface area (Å²) in [5, 5.41) is 22.7. The molecule has 3 amide bonds. The van der Waals surface area contributed by atoms with Crippen LogP contribution in [0.2, 0.25) is 0 Å². The maximum atomic E-state index is 11.7. The zero-order valence-electron chi connectivity index (χ0n) is 11.5. The normalized spacial score (nSPS) is 17.4. The van der Waals surface area contributed by atoms with E-state index in [1.165, 1.54) is 6.92 Å². The van der Waals surface area contributed by atoms with Crippen molar-refractivity contribution in [2.75, 3.05) is 26.2 Å². The molecule has 114 valence electrons. The Morgan fingerprint density at radius 2 is 1.85 bits per heavy atom. The first kappa shape index (κ1) is 16.2. The van der Waals surface area contributed by atoms with Crippen LogP contribution in [0.3, 0.4) is 0 Å². The Bertz CT molecular complexity index is 366. The van der Waals surface area contributed by atoms with Crippen LogP contribution in [0.1, 0.15) is 19.8 Å². The lowest BCUT2D eigenvalue weighted by molar-refractivity contribution is -0.146. The van der Waals surface area contributed by atoms with Crippen molar-refractivity contribution in [1.82, 2.24) is 15.5 Å². The highest BCUT2D eigenvalue weighted by Crippen LogP contribution is 2.16. The Balaban J connectivity index is 2.25. The van der Waals surface area contributed by atoms with Gasteiger partial charge in [0.1, 0.15) is 0 Å². The molecule has 1 unspecified atom stereocenters. The molecule has 0 spiro atoms. The summed E-state index contributed by atoms with van der Waals surface area (Å²) < 4.78 is 0. The number of carbonyl (C=O) groups excluding carboxylic acids is 2. The lowest BCUT2D eigenvalue weighted by Crippen LogP contribution is -2.48. The van der Waals surface area contributed by atoms with Gasteiger partial charge in [-0.1, -0.05) is 0 Å². The van der Waals surface area contributed by atoms with E-state index in [9.17, 15) is 14.4 Å². The lowest BCUT2D eigenvalue weighted by Gasteiger charge is -2.32. The highest BCUT2D eigenvalue weighted by atomic mass is 16.4. The molecule has 1 heterocycles. The standard InChI is InChI=1S/C12H21N3O5/c1-8(16)13-6-9-2-4-15(5-3-9)12(20)14-7-10(17)11(18)19/h9-10,17H,2-7H2,1H3,(H,13,16)(H,14,20)(H,18,19). The first-order valence-electron chi connectivity index (χ1n) is 6.58. The van der Waals surface area contributed by atoms with Crippen molar-refractivity contribution in [2.24, 2.45) is 5.92 Å². The Kier molecular flexibility index (Phi) is 6.23. The minimum atomic E-state index is -1.59. The van der Waals surface area contributed by atoms with Crippen molar-refractivity contribution in [3.8, 4) is 0 Å². The highest BCUT2D eigenvalue weighted by Gasteiger charge is 2.23. The molecule has 20 heavy (non-hydrogen) atoms. The predicted octanol–water partition coefficient (Wildman–Crippen LogP) is -1.01. The van der Waals surface area contributed by atoms with E-state index in [0.29, 0.717) is 25.6 Å². The second-order valence-electron chi connectivity index (χ2n) is 4.91. The molecular weight excluding hydrogens is 266 g/mol. The number of piperidine rings is 1. The van der Waals surface area contributed by atoms with Crippen molar-refractivity contribution < 1.29 is 24.6 Å². The minimum Gasteiger partial charge on any atom is -0.479 e. The number of carbonyl (C=O) groups is 3. The summed E-state index contributed by atoms with van der Waals surface area (Å²) in [4.78, 5) is 34.5. The molecule has 0 radical (unpaired) electrons. The number of aliphatic carboxylic acids is 1. The summed E-state index contributed by atoms with van der Waals surface area (Å²) >= 11 is 0. The SMILES string of the molecule is CC(=O)NCC1CCN(C(=O)NCC(O)C(=O)O)CC1. The number of nitrogens with one attached hydrogen (secondary N) is 2. The number of aliphatic hydroxyl groups excluding tert-OH is 1. The van der Waals surface area contributed by atoms with E-state index < -0.39 is 12.1 Å². The summed E-state index contributed by atoms with van der Waals surface area (Å²) in [7, 11) is 0. The number of aliphatic hydroxyl groups is 1. The first-order valence-corrected chi connectivity index (χ1v) is 6.58. The van der Waals surface area contributed by atoms with Crippen LogP contribution >= 0.6 is 0 Å². The van der Waals surface area contributed by atoms with Gasteiger partial charge >= 0.3 is 12.0 Å². The average molecular weight is 287 g/mol. The number of hydrogen-bond acceptors (Lipinski definition) is 4. The van der Waals surface area contributed by atoms with Gasteiger partial charge in [-0.05, 0) is 18.8 Å². The van der Waals surface area contributed by atoms with Crippen molar-refractivity contribution in [3.63, 3.8) is 0 Å². The van der Waals surface area contributed by atoms with Crippen LogP contribution in [0.25, 0.3) is 0 Å². The summed E-state index contributed by atoms with van der Waals surface area (Å²) in [6.45, 7) is 2.89. The van der Waals surface area contributed by atoms with E-state index in [-0.39, 0.29) is 18.5 Å². The Hall–Kier alpha value is -1.83. The monoisotopic (exact) mass is 287 g/mol. The van der Waals surface area contributed by atoms with Crippen LogP contribution in [0.15, 0.2) is 0 Å². The van der Waals surface area contributed by atoms with E-state index in [1.807, 2.05) is 0 Å². The topological polar surface area (TPSA) is 119 Å². The minimum absolute atomic E-state index is 0.0622. The molecule has 1 rings (SSSR count). The third-order valence-corrected chi connectivity index (χ3v) is 3.27. The van der Waals surface area contributed by atoms with Crippen LogP contribution in [0.5, 0.6) is 0 Å². The molecule has 1 aliphatic heterocycles. The molecule has 0 aromatic carbocycles. The Morgan fingerprint density at radius 1 is 1.25 bits per heavy atom. The molecule has 0 saturated carbocycles. The fourth-order valence-corrected chi connectivity index (χ4v) is 2.01. The Labute approximate surface area is 117 Å². The van der Waals surface area contributed by atoms with Gasteiger partial charge in [0.15, 0.2) is 6.10 Å². The Morgan fingerprint density at radius 3 is 2.35 bits per heavy atom. The van der Waals surface area contributed by atoms with Gasteiger partial charge in [0.25, 0.3) is 0 Å². The van der Waals surface area contributed by atoms with Crippen LogP contribution < -0.4 is 10.6 Å². The molecule has 8 nitrogen and oxygen atoms in total. The maximum Gasteiger partial charge on any atom is 0.334 e. The number of hydrogen-bond donors (Lipinski definition) is 4. The number of carboxylic acid groups (broad SMARTS) is 1. The zero-order chi connectivity index (χ0) is 15.1. The van der Waals surface area contributed by atoms with Gasteiger partial charge in [-0.15, -0.1) is 0 Å². The van der Waals surface area contributed by atoms with Gasteiger partial charge in [0, 0.05) is 26.6 Å². The number of carboxylic acids is 1. The number of rotatable bonds is 5. The molecule has 1 fully saturated rings. The molecule has 1 saturated heterocycles. The van der Waals surface area contributed by atoms with Gasteiger partial charge in [-0.2, -0.15) is 0 Å². The largest absolute Gasteiger partial charge is 0.479 e. The highest BCUT2D eigenvalue weighted by molar-refractivity contribution is 5.77. The zero-order valence-corrected chi connectivity index (χ0v) is 11.5. The van der Waals surface area contributed by atoms with E-state index in [4.69, 9.17) is 10.2 Å². The van der Waals surface area contributed by atoms with Crippen molar-refractivity contribution >= 4 is 17.9 Å². The van der Waals surface area contributed by atoms with E-state index in [1.54, 1.807) is 4.90 Å². The summed E-state index contributed by atoms with van der Waals surface area (Å²) in [5.41, 5.74) is 0. The summed E-state index contributed by atoms with van der Waals surface area (Å²) in [6, 6.07) is -0.372. The van der Waals surface area contributed by atoms with E-state index >= 15 is 0 Å². The predicted molar refractivity (Wildman–Crippen MR) is 70.0 cm³/mol. The van der Waals surface area contributed by atoms with Crippen molar-refractivity contribution in [3.05, 3.63) is 0 Å². The van der Waals surface area contributed by atoms with E-state index in [2.05, 4.69) is 10.6 Å². The molecule has 1 aliphatic rings. The fourth-order valence-electron chi connectivity index (χ4n) is 2.01. The molecule has 0 bridgehead atoms. The van der Waals surface area contributed by atoms with E-state index in [0.717, 1.165) is 12.8 Å². The first-order chi connectivity index (χ1) is 9.40. The third-order valence-electron chi connectivity index (χ3n) is 3.27. The quantitative estimate of drug-likeness (QED) is 0.516. The van der Waals surface area contributed by atoms with Crippen LogP contribution in [0.4, 0.5) is 4.79 Å². The molecule has 0 aromatic heterocycles. The van der Waals surface area contributed by atoms with Gasteiger partial charge < -0.3 is 25.7 Å². The molecular formula is C12H21N3O5. The molecule has 0 aromatic rings. The summed E-state index contributed by atoms with van der Waals surface area (Å²) in [6.07, 6.45) is -0.0130. The van der Waals surface area contributed by atoms with Crippen LogP contribution in [-0.2, 0) is 9.59 Å². The van der Waals surface area contributed by atoms with Gasteiger partial charge in [-0.25, -0.2) is 9.59 Å². The second kappa shape index (κ2) is 7.68. The fraction of sp³-hybridized carbons (Fsp3) is 0.750. The van der Waals surface area contributed by atoms with Crippen LogP contribution in [-0.4, -0.2) is 65.3 Å². The van der Waals surface area contributed by atoms with Crippen molar-refractivity contribution in [1.29, 1.82) is 0 Å². The van der Waals surface area contributed by atoms with Crippen LogP contribution in [0, 0.1) is 5.92 Å². The molecule has 0 aliphatic carbocycles. The van der Waals surface area contributed by atoms with Gasteiger partial charge in [0.05, 0.1) is 6.54 Å².